The molecule has 1 aromatic carbocycles. The van der Waals surface area contributed by atoms with Crippen molar-refractivity contribution >= 4 is 10.0 Å². The third-order valence-electron chi connectivity index (χ3n) is 7.54. The van der Waals surface area contributed by atoms with E-state index in [2.05, 4.69) is 36.1 Å². The Labute approximate surface area is 217 Å². The summed E-state index contributed by atoms with van der Waals surface area (Å²) in [4.78, 5) is 2.40. The van der Waals surface area contributed by atoms with E-state index in [9.17, 15) is 8.42 Å². The largest absolute Gasteiger partial charge is 0.300 e. The summed E-state index contributed by atoms with van der Waals surface area (Å²) in [6.07, 6.45) is 22.1. The Kier molecular flexibility index (Phi) is 16.7. The monoisotopic (exact) mass is 506 g/mol. The quantitative estimate of drug-likeness (QED) is 0.163. The van der Waals surface area contributed by atoms with Gasteiger partial charge in [0.1, 0.15) is 0 Å². The molecule has 5 heteroatoms. The van der Waals surface area contributed by atoms with Gasteiger partial charge in [-0.1, -0.05) is 134 Å². The summed E-state index contributed by atoms with van der Waals surface area (Å²) >= 11 is 0. The van der Waals surface area contributed by atoms with Crippen LogP contribution in [-0.2, 0) is 16.4 Å². The van der Waals surface area contributed by atoms with Crippen LogP contribution in [0, 0.1) is 0 Å². The molecule has 202 valence electrons. The van der Waals surface area contributed by atoms with Gasteiger partial charge in [0.05, 0.1) is 5.75 Å². The predicted octanol–water partition coefficient (Wildman–Crippen LogP) is 7.44. The molecule has 1 fully saturated rings. The lowest BCUT2D eigenvalue weighted by Crippen LogP contribution is -2.49. The molecule has 0 aromatic heterocycles. The Morgan fingerprint density at radius 3 is 1.57 bits per heavy atom. The van der Waals surface area contributed by atoms with Crippen molar-refractivity contribution in [1.82, 2.24) is 9.21 Å². The summed E-state index contributed by atoms with van der Waals surface area (Å²) < 4.78 is 27.2. The number of hydrogen-bond donors (Lipinski definition) is 0. The minimum atomic E-state index is -3.09. The molecule has 0 spiro atoms. The molecule has 1 aliphatic rings. The molecule has 0 atom stereocenters. The second-order valence-corrected chi connectivity index (χ2v) is 12.7. The molecule has 0 amide bonds. The fourth-order valence-corrected chi connectivity index (χ4v) is 6.67. The number of rotatable bonds is 21. The third-order valence-corrected chi connectivity index (χ3v) is 9.50. The van der Waals surface area contributed by atoms with Crippen LogP contribution in [0.4, 0.5) is 0 Å². The van der Waals surface area contributed by atoms with Gasteiger partial charge in [-0.2, -0.15) is 4.31 Å². The van der Waals surface area contributed by atoms with Crippen LogP contribution in [0.25, 0.3) is 0 Å². The Morgan fingerprint density at radius 2 is 1.09 bits per heavy atom. The van der Waals surface area contributed by atoms with E-state index in [4.69, 9.17) is 0 Å². The fraction of sp³-hybridized carbons (Fsp3) is 0.800. The SMILES string of the molecule is CCCCCCCCCCCCCCCCCCS(=O)(=O)N1CCN(CCc2ccccc2)CC1. The van der Waals surface area contributed by atoms with E-state index in [1.165, 1.54) is 95.5 Å². The highest BCUT2D eigenvalue weighted by atomic mass is 32.2. The molecule has 4 nitrogen and oxygen atoms in total. The summed E-state index contributed by atoms with van der Waals surface area (Å²) in [5, 5.41) is 0. The van der Waals surface area contributed by atoms with Crippen molar-refractivity contribution in [3.05, 3.63) is 35.9 Å². The highest BCUT2D eigenvalue weighted by Gasteiger charge is 2.26. The average Bonchev–Trinajstić information content (AvgIpc) is 2.88. The van der Waals surface area contributed by atoms with Crippen molar-refractivity contribution in [1.29, 1.82) is 0 Å². The average molecular weight is 507 g/mol. The Bertz CT molecular complexity index is 715. The van der Waals surface area contributed by atoms with Gasteiger partial charge in [0.25, 0.3) is 0 Å². The smallest absolute Gasteiger partial charge is 0.214 e. The van der Waals surface area contributed by atoms with Gasteiger partial charge < -0.3 is 4.90 Å². The second-order valence-electron chi connectivity index (χ2n) is 10.6. The normalized spacial score (nSPS) is 15.6. The maximum absolute atomic E-state index is 12.7. The molecule has 35 heavy (non-hydrogen) atoms. The van der Waals surface area contributed by atoms with E-state index in [0.717, 1.165) is 38.9 Å². The number of piperazine rings is 1. The Balaban J connectivity index is 1.39. The van der Waals surface area contributed by atoms with Crippen molar-refractivity contribution < 1.29 is 8.42 Å². The topological polar surface area (TPSA) is 40.6 Å². The maximum atomic E-state index is 12.7. The zero-order valence-corrected chi connectivity index (χ0v) is 23.6. The van der Waals surface area contributed by atoms with Crippen LogP contribution in [-0.4, -0.2) is 56.1 Å². The van der Waals surface area contributed by atoms with Crippen LogP contribution in [0.2, 0.25) is 0 Å². The van der Waals surface area contributed by atoms with Crippen molar-refractivity contribution in [2.24, 2.45) is 0 Å². The summed E-state index contributed by atoms with van der Waals surface area (Å²) in [6, 6.07) is 10.5. The highest BCUT2D eigenvalue weighted by molar-refractivity contribution is 7.89. The van der Waals surface area contributed by atoms with Crippen LogP contribution < -0.4 is 0 Å². The van der Waals surface area contributed by atoms with Crippen molar-refractivity contribution in [3.63, 3.8) is 0 Å². The lowest BCUT2D eigenvalue weighted by atomic mass is 10.0. The lowest BCUT2D eigenvalue weighted by molar-refractivity contribution is 0.190. The summed E-state index contributed by atoms with van der Waals surface area (Å²) in [5.74, 6) is 0.329. The molecule has 2 rings (SSSR count). The van der Waals surface area contributed by atoms with E-state index in [1.54, 1.807) is 4.31 Å². The van der Waals surface area contributed by atoms with Gasteiger partial charge in [-0.25, -0.2) is 8.42 Å². The van der Waals surface area contributed by atoms with Gasteiger partial charge in [0.2, 0.25) is 10.0 Å². The van der Waals surface area contributed by atoms with Crippen LogP contribution in [0.3, 0.4) is 0 Å². The molecule has 1 aliphatic heterocycles. The zero-order chi connectivity index (χ0) is 25.0. The number of sulfonamides is 1. The van der Waals surface area contributed by atoms with E-state index in [-0.39, 0.29) is 0 Å². The minimum absolute atomic E-state index is 0.329. The number of unbranched alkanes of at least 4 members (excludes halogenated alkanes) is 15. The van der Waals surface area contributed by atoms with Crippen molar-refractivity contribution in [2.45, 2.75) is 116 Å². The van der Waals surface area contributed by atoms with Crippen LogP contribution >= 0.6 is 0 Å². The standard InChI is InChI=1S/C30H54N2O2S/c1-2-3-4-5-6-7-8-9-10-11-12-13-14-15-16-20-29-35(33,34)32-27-25-31(26-28-32)24-23-30-21-18-17-19-22-30/h17-19,21-22H,2-16,20,23-29H2,1H3. The van der Waals surface area contributed by atoms with Gasteiger partial charge in [0.15, 0.2) is 0 Å². The van der Waals surface area contributed by atoms with Gasteiger partial charge in [0, 0.05) is 32.7 Å². The van der Waals surface area contributed by atoms with Crippen molar-refractivity contribution in [3.8, 4) is 0 Å². The molecule has 0 saturated carbocycles. The molecule has 0 unspecified atom stereocenters. The van der Waals surface area contributed by atoms with Crippen LogP contribution in [0.5, 0.6) is 0 Å². The molecule has 0 N–H and O–H groups in total. The minimum Gasteiger partial charge on any atom is -0.300 e. The molecule has 1 saturated heterocycles. The van der Waals surface area contributed by atoms with E-state index in [0.29, 0.717) is 18.8 Å². The van der Waals surface area contributed by atoms with Crippen LogP contribution in [0.15, 0.2) is 30.3 Å². The Hall–Kier alpha value is -0.910. The summed E-state index contributed by atoms with van der Waals surface area (Å²) in [6.45, 7) is 6.29. The molecule has 1 aromatic rings. The number of nitrogens with zero attached hydrogens (tertiary/aromatic N) is 2. The molecule has 1 heterocycles. The molecular weight excluding hydrogens is 452 g/mol. The second kappa shape index (κ2) is 19.2. The van der Waals surface area contributed by atoms with E-state index in [1.807, 2.05) is 6.07 Å². The number of hydrogen-bond acceptors (Lipinski definition) is 3. The molecule has 0 aliphatic carbocycles. The van der Waals surface area contributed by atoms with E-state index >= 15 is 0 Å². The van der Waals surface area contributed by atoms with Gasteiger partial charge >= 0.3 is 0 Å². The van der Waals surface area contributed by atoms with Gasteiger partial charge in [-0.05, 0) is 18.4 Å². The van der Waals surface area contributed by atoms with Gasteiger partial charge in [-0.15, -0.1) is 0 Å². The first kappa shape index (κ1) is 30.3. The maximum Gasteiger partial charge on any atom is 0.214 e. The number of benzene rings is 1. The first-order valence-electron chi connectivity index (χ1n) is 14.9. The Morgan fingerprint density at radius 1 is 0.629 bits per heavy atom. The van der Waals surface area contributed by atoms with Crippen molar-refractivity contribution in [2.75, 3.05) is 38.5 Å². The first-order chi connectivity index (χ1) is 17.1. The predicted molar refractivity (Wildman–Crippen MR) is 151 cm³/mol. The third kappa shape index (κ3) is 14.4. The molecular formula is C30H54N2O2S. The summed E-state index contributed by atoms with van der Waals surface area (Å²) in [7, 11) is -3.09. The highest BCUT2D eigenvalue weighted by Crippen LogP contribution is 2.15. The fourth-order valence-electron chi connectivity index (χ4n) is 5.12. The van der Waals surface area contributed by atoms with E-state index < -0.39 is 10.0 Å². The van der Waals surface area contributed by atoms with Gasteiger partial charge in [-0.3, -0.25) is 0 Å². The molecule has 0 radical (unpaired) electrons. The first-order valence-corrected chi connectivity index (χ1v) is 16.5. The summed E-state index contributed by atoms with van der Waals surface area (Å²) in [5.41, 5.74) is 1.35. The zero-order valence-electron chi connectivity index (χ0n) is 22.8. The molecule has 0 bridgehead atoms. The lowest BCUT2D eigenvalue weighted by Gasteiger charge is -2.34. The van der Waals surface area contributed by atoms with Crippen LogP contribution in [0.1, 0.15) is 115 Å².